The quantitative estimate of drug-likeness (QED) is 0.895. The first kappa shape index (κ1) is 17.7. The third-order valence-electron chi connectivity index (χ3n) is 5.41. The molecule has 0 heterocycles. The molecule has 25 heavy (non-hydrogen) atoms. The highest BCUT2D eigenvalue weighted by Gasteiger charge is 2.25. The average molecular weight is 336 g/mol. The zero-order chi connectivity index (χ0) is 17.8. The molecular formula is C22H28N2O. The van der Waals surface area contributed by atoms with Gasteiger partial charge in [0.1, 0.15) is 0 Å². The molecule has 3 rings (SSSR count). The number of carbonyl (C=O) groups is 1. The number of hydrogen-bond donors (Lipinski definition) is 1. The van der Waals surface area contributed by atoms with Gasteiger partial charge in [0.25, 0.3) is 0 Å². The molecule has 2 atom stereocenters. The fourth-order valence-corrected chi connectivity index (χ4v) is 3.59. The van der Waals surface area contributed by atoms with Crippen LogP contribution in [0.4, 0.5) is 0 Å². The van der Waals surface area contributed by atoms with Crippen molar-refractivity contribution < 1.29 is 4.79 Å². The predicted molar refractivity (Wildman–Crippen MR) is 102 cm³/mol. The first-order chi connectivity index (χ1) is 12.1. The second kappa shape index (κ2) is 7.83. The van der Waals surface area contributed by atoms with Gasteiger partial charge in [-0.2, -0.15) is 0 Å². The summed E-state index contributed by atoms with van der Waals surface area (Å²) in [4.78, 5) is 14.9. The van der Waals surface area contributed by atoms with E-state index in [9.17, 15) is 4.79 Å². The van der Waals surface area contributed by atoms with E-state index in [4.69, 9.17) is 0 Å². The summed E-state index contributed by atoms with van der Waals surface area (Å²) in [6, 6.07) is 16.8. The zero-order valence-electron chi connectivity index (χ0n) is 15.5. The summed E-state index contributed by atoms with van der Waals surface area (Å²) in [5.74, 6) is 0.109. The van der Waals surface area contributed by atoms with Gasteiger partial charge in [0, 0.05) is 6.54 Å². The maximum absolute atomic E-state index is 12.8. The number of likely N-dealkylation sites (N-methyl/N-ethyl adjacent to an activating group) is 1. The van der Waals surface area contributed by atoms with E-state index >= 15 is 0 Å². The minimum Gasteiger partial charge on any atom is -0.348 e. The summed E-state index contributed by atoms with van der Waals surface area (Å²) in [7, 11) is 2.02. The maximum atomic E-state index is 12.8. The molecule has 0 saturated heterocycles. The van der Waals surface area contributed by atoms with Crippen molar-refractivity contribution >= 4 is 5.91 Å². The molecule has 0 aromatic heterocycles. The summed E-state index contributed by atoms with van der Waals surface area (Å²) in [5, 5.41) is 3.28. The van der Waals surface area contributed by atoms with Crippen LogP contribution < -0.4 is 5.32 Å². The first-order valence-electron chi connectivity index (χ1n) is 9.19. The number of carbonyl (C=O) groups excluding carboxylic acids is 1. The second-order valence-electron chi connectivity index (χ2n) is 7.17. The van der Waals surface area contributed by atoms with Crippen LogP contribution in [0.3, 0.4) is 0 Å². The van der Waals surface area contributed by atoms with Gasteiger partial charge in [0.05, 0.1) is 12.1 Å². The Morgan fingerprint density at radius 3 is 2.72 bits per heavy atom. The van der Waals surface area contributed by atoms with Crippen molar-refractivity contribution in [2.45, 2.75) is 51.7 Å². The van der Waals surface area contributed by atoms with Gasteiger partial charge in [-0.25, -0.2) is 0 Å². The van der Waals surface area contributed by atoms with E-state index in [0.717, 1.165) is 25.8 Å². The van der Waals surface area contributed by atoms with Crippen molar-refractivity contribution in [1.29, 1.82) is 0 Å². The van der Waals surface area contributed by atoms with Crippen LogP contribution in [0, 0.1) is 6.92 Å². The van der Waals surface area contributed by atoms with Crippen molar-refractivity contribution in [2.24, 2.45) is 0 Å². The maximum Gasteiger partial charge on any atom is 0.237 e. The van der Waals surface area contributed by atoms with Crippen LogP contribution in [-0.4, -0.2) is 23.9 Å². The SMILES string of the molecule is Cc1ccccc1CN(C)C(C)C(=O)NC1CCCc2ccccc21. The number of rotatable bonds is 5. The molecule has 0 radical (unpaired) electrons. The Kier molecular flexibility index (Phi) is 5.54. The third kappa shape index (κ3) is 4.10. The van der Waals surface area contributed by atoms with Gasteiger partial charge >= 0.3 is 0 Å². The van der Waals surface area contributed by atoms with Crippen LogP contribution in [0.15, 0.2) is 48.5 Å². The predicted octanol–water partition coefficient (Wildman–Crippen LogP) is 4.01. The monoisotopic (exact) mass is 336 g/mol. The van der Waals surface area contributed by atoms with E-state index in [1.807, 2.05) is 14.0 Å². The van der Waals surface area contributed by atoms with Crippen LogP contribution in [0.5, 0.6) is 0 Å². The first-order valence-corrected chi connectivity index (χ1v) is 9.19. The van der Waals surface area contributed by atoms with Gasteiger partial charge in [0.15, 0.2) is 0 Å². The fraction of sp³-hybridized carbons (Fsp3) is 0.409. The molecule has 0 saturated carbocycles. The molecule has 0 fully saturated rings. The Morgan fingerprint density at radius 1 is 1.20 bits per heavy atom. The fourth-order valence-electron chi connectivity index (χ4n) is 3.59. The van der Waals surface area contributed by atoms with Gasteiger partial charge in [-0.15, -0.1) is 0 Å². The third-order valence-corrected chi connectivity index (χ3v) is 5.41. The average Bonchev–Trinajstić information content (AvgIpc) is 2.63. The molecule has 0 spiro atoms. The van der Waals surface area contributed by atoms with Crippen LogP contribution in [-0.2, 0) is 17.8 Å². The van der Waals surface area contributed by atoms with E-state index in [-0.39, 0.29) is 18.0 Å². The van der Waals surface area contributed by atoms with E-state index in [1.165, 1.54) is 22.3 Å². The van der Waals surface area contributed by atoms with E-state index in [2.05, 4.69) is 65.7 Å². The van der Waals surface area contributed by atoms with Crippen molar-refractivity contribution in [3.8, 4) is 0 Å². The second-order valence-corrected chi connectivity index (χ2v) is 7.17. The summed E-state index contributed by atoms with van der Waals surface area (Å²) in [6.07, 6.45) is 3.28. The Balaban J connectivity index is 1.64. The molecule has 1 amide bonds. The topological polar surface area (TPSA) is 32.3 Å². The summed E-state index contributed by atoms with van der Waals surface area (Å²) in [6.45, 7) is 4.89. The molecule has 2 unspecified atom stereocenters. The lowest BCUT2D eigenvalue weighted by Crippen LogP contribution is -2.44. The Bertz CT molecular complexity index is 740. The molecule has 1 aliphatic rings. The highest BCUT2D eigenvalue weighted by molar-refractivity contribution is 5.81. The van der Waals surface area contributed by atoms with Gasteiger partial charge < -0.3 is 5.32 Å². The largest absolute Gasteiger partial charge is 0.348 e. The van der Waals surface area contributed by atoms with Crippen LogP contribution >= 0.6 is 0 Å². The molecular weight excluding hydrogens is 308 g/mol. The van der Waals surface area contributed by atoms with Gasteiger partial charge in [-0.3, -0.25) is 9.69 Å². The minimum atomic E-state index is -0.159. The molecule has 3 heteroatoms. The lowest BCUT2D eigenvalue weighted by Gasteiger charge is -2.30. The number of benzene rings is 2. The van der Waals surface area contributed by atoms with Gasteiger partial charge in [-0.1, -0.05) is 48.5 Å². The number of fused-ring (bicyclic) bond motifs is 1. The van der Waals surface area contributed by atoms with Crippen LogP contribution in [0.25, 0.3) is 0 Å². The highest BCUT2D eigenvalue weighted by Crippen LogP contribution is 2.29. The molecule has 3 nitrogen and oxygen atoms in total. The van der Waals surface area contributed by atoms with E-state index < -0.39 is 0 Å². The van der Waals surface area contributed by atoms with Crippen molar-refractivity contribution in [2.75, 3.05) is 7.05 Å². The molecule has 0 aliphatic heterocycles. The standard InChI is InChI=1S/C22H28N2O/c1-16-9-4-5-11-19(16)15-24(3)17(2)22(25)23-21-14-8-12-18-10-6-7-13-20(18)21/h4-7,9-11,13,17,21H,8,12,14-15H2,1-3H3,(H,23,25). The number of aryl methyl sites for hydroxylation is 2. The highest BCUT2D eigenvalue weighted by atomic mass is 16.2. The smallest absolute Gasteiger partial charge is 0.237 e. The van der Waals surface area contributed by atoms with Crippen LogP contribution in [0.1, 0.15) is 48.1 Å². The van der Waals surface area contributed by atoms with Crippen molar-refractivity contribution in [3.63, 3.8) is 0 Å². The Morgan fingerprint density at radius 2 is 1.92 bits per heavy atom. The van der Waals surface area contributed by atoms with E-state index in [1.54, 1.807) is 0 Å². The van der Waals surface area contributed by atoms with Gasteiger partial charge in [0.2, 0.25) is 5.91 Å². The number of amides is 1. The van der Waals surface area contributed by atoms with Crippen LogP contribution in [0.2, 0.25) is 0 Å². The molecule has 1 N–H and O–H groups in total. The van der Waals surface area contributed by atoms with Gasteiger partial charge in [-0.05, 0) is 62.4 Å². The summed E-state index contributed by atoms with van der Waals surface area (Å²) < 4.78 is 0. The van der Waals surface area contributed by atoms with Crippen molar-refractivity contribution in [3.05, 3.63) is 70.8 Å². The summed E-state index contributed by atoms with van der Waals surface area (Å²) in [5.41, 5.74) is 5.20. The molecule has 2 aromatic rings. The molecule has 132 valence electrons. The molecule has 1 aliphatic carbocycles. The number of nitrogens with zero attached hydrogens (tertiary/aromatic N) is 1. The lowest BCUT2D eigenvalue weighted by atomic mass is 9.87. The number of hydrogen-bond acceptors (Lipinski definition) is 2. The molecule has 2 aromatic carbocycles. The molecule has 0 bridgehead atoms. The minimum absolute atomic E-state index is 0.109. The Labute approximate surface area is 151 Å². The Hall–Kier alpha value is -2.13. The van der Waals surface area contributed by atoms with Crippen molar-refractivity contribution in [1.82, 2.24) is 10.2 Å². The lowest BCUT2D eigenvalue weighted by molar-refractivity contribution is -0.126. The summed E-state index contributed by atoms with van der Waals surface area (Å²) >= 11 is 0. The number of nitrogens with one attached hydrogen (secondary N) is 1. The normalized spacial score (nSPS) is 17.8. The van der Waals surface area contributed by atoms with E-state index in [0.29, 0.717) is 0 Å². The zero-order valence-corrected chi connectivity index (χ0v) is 15.5.